The highest BCUT2D eigenvalue weighted by molar-refractivity contribution is 6.32. The summed E-state index contributed by atoms with van der Waals surface area (Å²) in [4.78, 5) is 14.7. The first-order valence-corrected chi connectivity index (χ1v) is 9.76. The molecule has 146 valence electrons. The van der Waals surface area contributed by atoms with E-state index < -0.39 is 0 Å². The summed E-state index contributed by atoms with van der Waals surface area (Å²) in [5.74, 6) is 1.99. The van der Waals surface area contributed by atoms with E-state index >= 15 is 0 Å². The first kappa shape index (κ1) is 20.8. The fraction of sp³-hybridized carbons (Fsp3) is 0.650. The Balaban J connectivity index is 2.10. The quantitative estimate of drug-likeness (QED) is 0.774. The highest BCUT2D eigenvalue weighted by Gasteiger charge is 2.26. The van der Waals surface area contributed by atoms with Gasteiger partial charge in [0, 0.05) is 24.7 Å². The number of carbonyl (C=O) groups is 1. The Kier molecular flexibility index (Phi) is 7.59. The van der Waals surface area contributed by atoms with Crippen molar-refractivity contribution in [3.05, 3.63) is 22.7 Å². The Hall–Kier alpha value is -1.46. The Morgan fingerprint density at radius 1 is 1.31 bits per heavy atom. The van der Waals surface area contributed by atoms with Gasteiger partial charge in [0.05, 0.1) is 18.7 Å². The molecule has 1 heterocycles. The number of halogens is 1. The average Bonchev–Trinajstić information content (AvgIpc) is 2.61. The van der Waals surface area contributed by atoms with Crippen LogP contribution in [0.1, 0.15) is 50.4 Å². The first-order chi connectivity index (χ1) is 12.3. The number of likely N-dealkylation sites (tertiary alicyclic amines) is 1. The van der Waals surface area contributed by atoms with Gasteiger partial charge in [-0.05, 0) is 50.2 Å². The lowest BCUT2D eigenvalue weighted by atomic mass is 9.90. The molecule has 0 spiro atoms. The number of benzene rings is 1. The zero-order chi connectivity index (χ0) is 19.3. The van der Waals surface area contributed by atoms with Gasteiger partial charge in [-0.2, -0.15) is 0 Å². The number of hydrogen-bond donors (Lipinski definition) is 1. The molecule has 1 aliphatic rings. The molecule has 26 heavy (non-hydrogen) atoms. The summed E-state index contributed by atoms with van der Waals surface area (Å²) in [6.07, 6.45) is 2.80. The minimum absolute atomic E-state index is 0.0259. The van der Waals surface area contributed by atoms with E-state index in [1.807, 2.05) is 11.8 Å². The van der Waals surface area contributed by atoms with Gasteiger partial charge in [-0.3, -0.25) is 4.79 Å². The van der Waals surface area contributed by atoms with Crippen LogP contribution in [0.15, 0.2) is 12.1 Å². The van der Waals surface area contributed by atoms with Gasteiger partial charge < -0.3 is 20.1 Å². The summed E-state index contributed by atoms with van der Waals surface area (Å²) in [5, 5.41) is 0.405. The van der Waals surface area contributed by atoms with E-state index in [-0.39, 0.29) is 11.9 Å². The van der Waals surface area contributed by atoms with Crippen molar-refractivity contribution < 1.29 is 14.3 Å². The van der Waals surface area contributed by atoms with Crippen LogP contribution in [0.5, 0.6) is 11.5 Å². The van der Waals surface area contributed by atoms with Gasteiger partial charge in [-0.15, -0.1) is 0 Å². The number of nitrogens with two attached hydrogens (primary N) is 1. The second kappa shape index (κ2) is 9.47. The monoisotopic (exact) mass is 382 g/mol. The molecule has 2 N–H and O–H groups in total. The zero-order valence-electron chi connectivity index (χ0n) is 16.3. The van der Waals surface area contributed by atoms with E-state index in [0.29, 0.717) is 40.5 Å². The normalized spacial score (nSPS) is 16.7. The number of piperidine rings is 1. The van der Waals surface area contributed by atoms with E-state index in [2.05, 4.69) is 13.8 Å². The van der Waals surface area contributed by atoms with Crippen LogP contribution < -0.4 is 15.2 Å². The highest BCUT2D eigenvalue weighted by atomic mass is 35.5. The second-order valence-corrected chi connectivity index (χ2v) is 7.92. The highest BCUT2D eigenvalue weighted by Crippen LogP contribution is 2.37. The van der Waals surface area contributed by atoms with E-state index in [1.165, 1.54) is 0 Å². The molecule has 5 nitrogen and oxygen atoms in total. The van der Waals surface area contributed by atoms with E-state index in [0.717, 1.165) is 32.4 Å². The fourth-order valence-electron chi connectivity index (χ4n) is 3.19. The van der Waals surface area contributed by atoms with Crippen molar-refractivity contribution in [2.24, 2.45) is 17.6 Å². The molecule has 6 heteroatoms. The maximum absolute atomic E-state index is 12.9. The van der Waals surface area contributed by atoms with Crippen LogP contribution in [-0.4, -0.2) is 43.7 Å². The lowest BCUT2D eigenvalue weighted by Gasteiger charge is -2.33. The number of amides is 1. The van der Waals surface area contributed by atoms with Crippen molar-refractivity contribution in [2.75, 3.05) is 26.8 Å². The van der Waals surface area contributed by atoms with Crippen molar-refractivity contribution >= 4 is 17.5 Å². The number of methoxy groups -OCH3 is 1. The molecule has 0 aromatic heterocycles. The SMILES string of the molecule is COc1cc(C(=O)N2CCC(C(C)N)CC2)cc(Cl)c1OCCC(C)C. The van der Waals surface area contributed by atoms with Crippen LogP contribution in [0, 0.1) is 11.8 Å². The molecule has 1 fully saturated rings. The smallest absolute Gasteiger partial charge is 0.254 e. The van der Waals surface area contributed by atoms with E-state index in [9.17, 15) is 4.79 Å². The summed E-state index contributed by atoms with van der Waals surface area (Å²) in [5.41, 5.74) is 6.51. The molecule has 0 bridgehead atoms. The van der Waals surface area contributed by atoms with Gasteiger partial charge in [0.1, 0.15) is 0 Å². The lowest BCUT2D eigenvalue weighted by molar-refractivity contribution is 0.0680. The average molecular weight is 383 g/mol. The largest absolute Gasteiger partial charge is 0.493 e. The standard InChI is InChI=1S/C20H31ClN2O3/c1-13(2)7-10-26-19-17(21)11-16(12-18(19)25-4)20(24)23-8-5-15(6-9-23)14(3)22/h11-15H,5-10,22H2,1-4H3. The van der Waals surface area contributed by atoms with Crippen molar-refractivity contribution in [2.45, 2.75) is 46.1 Å². The summed E-state index contributed by atoms with van der Waals surface area (Å²) in [6, 6.07) is 3.56. The number of carbonyl (C=O) groups excluding carboxylic acids is 1. The number of hydrogen-bond acceptors (Lipinski definition) is 4. The molecular weight excluding hydrogens is 352 g/mol. The zero-order valence-corrected chi connectivity index (χ0v) is 17.0. The topological polar surface area (TPSA) is 64.8 Å². The van der Waals surface area contributed by atoms with Gasteiger partial charge in [0.15, 0.2) is 11.5 Å². The Morgan fingerprint density at radius 3 is 2.50 bits per heavy atom. The molecule has 0 radical (unpaired) electrons. The third kappa shape index (κ3) is 5.27. The predicted octanol–water partition coefficient (Wildman–Crippen LogP) is 3.97. The maximum Gasteiger partial charge on any atom is 0.254 e. The summed E-state index contributed by atoms with van der Waals surface area (Å²) in [7, 11) is 1.56. The second-order valence-electron chi connectivity index (χ2n) is 7.51. The molecule has 0 saturated carbocycles. The van der Waals surface area contributed by atoms with Crippen LogP contribution in [0.2, 0.25) is 5.02 Å². The lowest BCUT2D eigenvalue weighted by Crippen LogP contribution is -2.42. The van der Waals surface area contributed by atoms with Gasteiger partial charge in [-0.1, -0.05) is 25.4 Å². The molecule has 1 saturated heterocycles. The third-order valence-corrected chi connectivity index (χ3v) is 5.27. The van der Waals surface area contributed by atoms with Gasteiger partial charge in [0.2, 0.25) is 0 Å². The van der Waals surface area contributed by atoms with Crippen molar-refractivity contribution in [1.29, 1.82) is 0 Å². The minimum Gasteiger partial charge on any atom is -0.493 e. The number of ether oxygens (including phenoxy) is 2. The molecule has 1 aromatic carbocycles. The van der Waals surface area contributed by atoms with Crippen LogP contribution in [0.25, 0.3) is 0 Å². The van der Waals surface area contributed by atoms with Gasteiger partial charge in [-0.25, -0.2) is 0 Å². The summed E-state index contributed by atoms with van der Waals surface area (Å²) >= 11 is 6.38. The van der Waals surface area contributed by atoms with Crippen LogP contribution in [0.3, 0.4) is 0 Å². The molecule has 1 aliphatic heterocycles. The van der Waals surface area contributed by atoms with E-state index in [4.69, 9.17) is 26.8 Å². The molecule has 1 amide bonds. The van der Waals surface area contributed by atoms with Crippen LogP contribution in [-0.2, 0) is 0 Å². The van der Waals surface area contributed by atoms with Crippen LogP contribution in [0.4, 0.5) is 0 Å². The molecule has 1 aromatic rings. The molecular formula is C20H31ClN2O3. The maximum atomic E-state index is 12.9. The third-order valence-electron chi connectivity index (χ3n) is 4.99. The molecule has 0 aliphatic carbocycles. The first-order valence-electron chi connectivity index (χ1n) is 9.38. The predicted molar refractivity (Wildman–Crippen MR) is 105 cm³/mol. The fourth-order valence-corrected chi connectivity index (χ4v) is 3.46. The Bertz CT molecular complexity index is 611. The number of rotatable bonds is 7. The van der Waals surface area contributed by atoms with Crippen molar-refractivity contribution in [1.82, 2.24) is 4.90 Å². The Labute approximate surface area is 161 Å². The minimum atomic E-state index is -0.0259. The van der Waals surface area contributed by atoms with Crippen molar-refractivity contribution in [3.8, 4) is 11.5 Å². The van der Waals surface area contributed by atoms with E-state index in [1.54, 1.807) is 19.2 Å². The Morgan fingerprint density at radius 2 is 1.96 bits per heavy atom. The molecule has 1 unspecified atom stereocenters. The summed E-state index contributed by atoms with van der Waals surface area (Å²) < 4.78 is 11.2. The van der Waals surface area contributed by atoms with Gasteiger partial charge >= 0.3 is 0 Å². The van der Waals surface area contributed by atoms with Crippen LogP contribution >= 0.6 is 11.6 Å². The number of nitrogens with zero attached hydrogens (tertiary/aromatic N) is 1. The van der Waals surface area contributed by atoms with Crippen molar-refractivity contribution in [3.63, 3.8) is 0 Å². The molecule has 1 atom stereocenters. The van der Waals surface area contributed by atoms with Gasteiger partial charge in [0.25, 0.3) is 5.91 Å². The molecule has 2 rings (SSSR count). The summed E-state index contributed by atoms with van der Waals surface area (Å²) in [6.45, 7) is 8.31.